The Hall–Kier alpha value is -0.510. The Bertz CT molecular complexity index is 365. The fourth-order valence-corrected chi connectivity index (χ4v) is 4.29. The third-order valence-corrected chi connectivity index (χ3v) is 6.08. The van der Waals surface area contributed by atoms with Gasteiger partial charge in [-0.2, -0.15) is 0 Å². The maximum Gasteiger partial charge on any atom is 0.0792 e. The summed E-state index contributed by atoms with van der Waals surface area (Å²) in [5, 5.41) is 21.7. The molecule has 0 amide bonds. The summed E-state index contributed by atoms with van der Waals surface area (Å²) in [6.07, 6.45) is 2.60. The molecule has 0 aromatic heterocycles. The van der Waals surface area contributed by atoms with Crippen LogP contribution in [-0.4, -0.2) is 26.7 Å². The van der Waals surface area contributed by atoms with Crippen molar-refractivity contribution in [2.75, 3.05) is 0 Å². The van der Waals surface area contributed by atoms with Gasteiger partial charge < -0.3 is 10.2 Å². The van der Waals surface area contributed by atoms with Gasteiger partial charge in [-0.3, -0.25) is 0 Å². The van der Waals surface area contributed by atoms with E-state index in [9.17, 15) is 10.2 Å². The minimum atomic E-state index is -0.846. The number of hydrogen-bond acceptors (Lipinski definition) is 3. The second-order valence-electron chi connectivity index (χ2n) is 5.43. The summed E-state index contributed by atoms with van der Waals surface area (Å²) in [6, 6.07) is 10.0. The molecule has 0 radical (unpaired) electrons. The average molecular weight is 296 g/mol. The Kier molecular flexibility index (Phi) is 6.56. The molecule has 1 aromatic rings. The lowest BCUT2D eigenvalue weighted by molar-refractivity contribution is -0.0632. The molecule has 0 aliphatic rings. The van der Waals surface area contributed by atoms with Crippen LogP contribution >= 0.6 is 11.8 Å². The van der Waals surface area contributed by atoms with E-state index in [1.54, 1.807) is 11.8 Å². The van der Waals surface area contributed by atoms with E-state index in [2.05, 4.69) is 0 Å². The SMILES string of the molecule is CCC(O)(CC)C(Sc1ccccc1)C(O)(CC)CC. The zero-order valence-corrected chi connectivity index (χ0v) is 13.9. The molecule has 2 N–H and O–H groups in total. The van der Waals surface area contributed by atoms with Gasteiger partial charge in [-0.25, -0.2) is 0 Å². The Morgan fingerprint density at radius 1 is 0.850 bits per heavy atom. The van der Waals surface area contributed by atoms with Crippen molar-refractivity contribution in [1.82, 2.24) is 0 Å². The second-order valence-corrected chi connectivity index (χ2v) is 6.61. The summed E-state index contributed by atoms with van der Waals surface area (Å²) in [5.41, 5.74) is -1.69. The van der Waals surface area contributed by atoms with Crippen molar-refractivity contribution in [3.8, 4) is 0 Å². The number of hydrogen-bond donors (Lipinski definition) is 2. The molecule has 0 aliphatic heterocycles. The molecule has 2 nitrogen and oxygen atoms in total. The molecule has 0 aliphatic carbocycles. The summed E-state index contributed by atoms with van der Waals surface area (Å²) in [4.78, 5) is 1.10. The van der Waals surface area contributed by atoms with Crippen LogP contribution in [0.3, 0.4) is 0 Å². The number of rotatable bonds is 8. The molecule has 3 heteroatoms. The van der Waals surface area contributed by atoms with Gasteiger partial charge in [-0.15, -0.1) is 11.8 Å². The van der Waals surface area contributed by atoms with Crippen LogP contribution in [0.1, 0.15) is 53.4 Å². The molecule has 0 unspecified atom stereocenters. The summed E-state index contributed by atoms with van der Waals surface area (Å²) in [7, 11) is 0. The Balaban J connectivity index is 3.14. The normalized spacial score (nSPS) is 12.9. The number of aliphatic hydroxyl groups is 2. The molecule has 20 heavy (non-hydrogen) atoms. The largest absolute Gasteiger partial charge is 0.389 e. The minimum absolute atomic E-state index is 0.220. The van der Waals surface area contributed by atoms with E-state index in [4.69, 9.17) is 0 Å². The van der Waals surface area contributed by atoms with Crippen molar-refractivity contribution in [2.24, 2.45) is 0 Å². The molecule has 1 rings (SSSR count). The lowest BCUT2D eigenvalue weighted by Gasteiger charge is -2.44. The molecule has 114 valence electrons. The summed E-state index contributed by atoms with van der Waals surface area (Å²) in [5.74, 6) is 0. The van der Waals surface area contributed by atoms with Gasteiger partial charge in [0.15, 0.2) is 0 Å². The quantitative estimate of drug-likeness (QED) is 0.705. The van der Waals surface area contributed by atoms with E-state index >= 15 is 0 Å². The molecule has 0 spiro atoms. The molecule has 0 bridgehead atoms. The van der Waals surface area contributed by atoms with E-state index in [0.717, 1.165) is 4.90 Å². The molecule has 0 saturated carbocycles. The first kappa shape index (κ1) is 17.5. The predicted molar refractivity (Wildman–Crippen MR) is 87.2 cm³/mol. The van der Waals surface area contributed by atoms with Gasteiger partial charge in [0.05, 0.1) is 16.5 Å². The van der Waals surface area contributed by atoms with Crippen LogP contribution in [-0.2, 0) is 0 Å². The maximum atomic E-state index is 11.0. The van der Waals surface area contributed by atoms with Crippen molar-refractivity contribution in [3.63, 3.8) is 0 Å². The first-order valence-corrected chi connectivity index (χ1v) is 8.50. The van der Waals surface area contributed by atoms with Crippen LogP contribution in [0.5, 0.6) is 0 Å². The van der Waals surface area contributed by atoms with Gasteiger partial charge in [0, 0.05) is 4.90 Å². The standard InChI is InChI=1S/C17H28O2S/c1-5-16(18,6-2)15(17(19,7-3)8-4)20-14-12-10-9-11-13-14/h9-13,15,18-19H,5-8H2,1-4H3. The van der Waals surface area contributed by atoms with Gasteiger partial charge in [-0.1, -0.05) is 45.9 Å². The van der Waals surface area contributed by atoms with E-state index in [0.29, 0.717) is 25.7 Å². The Morgan fingerprint density at radius 3 is 1.60 bits per heavy atom. The smallest absolute Gasteiger partial charge is 0.0792 e. The zero-order chi connectivity index (χ0) is 15.2. The van der Waals surface area contributed by atoms with E-state index < -0.39 is 11.2 Å². The molecule has 0 heterocycles. The highest BCUT2D eigenvalue weighted by molar-refractivity contribution is 8.00. The molecular weight excluding hydrogens is 268 g/mol. The maximum absolute atomic E-state index is 11.0. The van der Waals surface area contributed by atoms with Crippen LogP contribution in [0.2, 0.25) is 0 Å². The topological polar surface area (TPSA) is 40.5 Å². The Morgan fingerprint density at radius 2 is 1.25 bits per heavy atom. The van der Waals surface area contributed by atoms with Gasteiger partial charge in [0.1, 0.15) is 0 Å². The minimum Gasteiger partial charge on any atom is -0.389 e. The lowest BCUT2D eigenvalue weighted by Crippen LogP contribution is -2.53. The molecule has 0 fully saturated rings. The fourth-order valence-electron chi connectivity index (χ4n) is 2.60. The third-order valence-electron chi connectivity index (χ3n) is 4.42. The van der Waals surface area contributed by atoms with Gasteiger partial charge in [0.25, 0.3) is 0 Å². The van der Waals surface area contributed by atoms with Gasteiger partial charge in [-0.05, 0) is 37.8 Å². The van der Waals surface area contributed by atoms with Crippen LogP contribution in [0.25, 0.3) is 0 Å². The second kappa shape index (κ2) is 7.48. The lowest BCUT2D eigenvalue weighted by atomic mass is 9.80. The van der Waals surface area contributed by atoms with E-state index in [1.165, 1.54) is 0 Å². The molecular formula is C17H28O2S. The van der Waals surface area contributed by atoms with E-state index in [-0.39, 0.29) is 5.25 Å². The summed E-state index contributed by atoms with van der Waals surface area (Å²) >= 11 is 1.60. The molecule has 0 saturated heterocycles. The van der Waals surface area contributed by atoms with Crippen molar-refractivity contribution >= 4 is 11.8 Å². The van der Waals surface area contributed by atoms with Crippen LogP contribution in [0.4, 0.5) is 0 Å². The Labute approximate surface area is 127 Å². The highest BCUT2D eigenvalue weighted by Gasteiger charge is 2.46. The van der Waals surface area contributed by atoms with Gasteiger partial charge in [0.2, 0.25) is 0 Å². The van der Waals surface area contributed by atoms with Crippen molar-refractivity contribution < 1.29 is 10.2 Å². The first-order chi connectivity index (χ1) is 9.45. The van der Waals surface area contributed by atoms with Crippen molar-refractivity contribution in [3.05, 3.63) is 30.3 Å². The number of benzene rings is 1. The zero-order valence-electron chi connectivity index (χ0n) is 13.1. The highest BCUT2D eigenvalue weighted by atomic mass is 32.2. The summed E-state index contributed by atoms with van der Waals surface area (Å²) < 4.78 is 0. The average Bonchev–Trinajstić information content (AvgIpc) is 2.52. The third kappa shape index (κ3) is 3.78. The van der Waals surface area contributed by atoms with Crippen LogP contribution in [0.15, 0.2) is 35.2 Å². The van der Waals surface area contributed by atoms with Crippen molar-refractivity contribution in [1.29, 1.82) is 0 Å². The molecule has 1 aromatic carbocycles. The monoisotopic (exact) mass is 296 g/mol. The molecule has 0 atom stereocenters. The van der Waals surface area contributed by atoms with Crippen LogP contribution in [0, 0.1) is 0 Å². The fraction of sp³-hybridized carbons (Fsp3) is 0.647. The van der Waals surface area contributed by atoms with Gasteiger partial charge >= 0.3 is 0 Å². The van der Waals surface area contributed by atoms with Crippen LogP contribution < -0.4 is 0 Å². The highest BCUT2D eigenvalue weighted by Crippen LogP contribution is 2.43. The summed E-state index contributed by atoms with van der Waals surface area (Å²) in [6.45, 7) is 7.98. The van der Waals surface area contributed by atoms with E-state index in [1.807, 2.05) is 58.0 Å². The first-order valence-electron chi connectivity index (χ1n) is 7.62. The predicted octanol–water partition coefficient (Wildman–Crippen LogP) is 4.25. The van der Waals surface area contributed by atoms with Crippen molar-refractivity contribution in [2.45, 2.75) is 74.7 Å². The number of thioether (sulfide) groups is 1.